The van der Waals surface area contributed by atoms with E-state index in [0.717, 1.165) is 24.3 Å². The smallest absolute Gasteiger partial charge is 0.224 e. The van der Waals surface area contributed by atoms with Gasteiger partial charge in [-0.3, -0.25) is 4.79 Å². The lowest BCUT2D eigenvalue weighted by molar-refractivity contribution is -0.125. The molecule has 1 heterocycles. The fourth-order valence-electron chi connectivity index (χ4n) is 1.59. The Bertz CT molecular complexity index is 181. The summed E-state index contributed by atoms with van der Waals surface area (Å²) in [4.78, 5) is 11.7. The van der Waals surface area contributed by atoms with Gasteiger partial charge in [0.25, 0.3) is 0 Å². The molecule has 0 aromatic heterocycles. The number of aliphatic hydroxyl groups is 1. The number of hydrogen-bond donors (Lipinski definition) is 2. The van der Waals surface area contributed by atoms with Crippen LogP contribution in [0, 0.1) is 5.92 Å². The molecule has 0 saturated carbocycles. The molecule has 2 unspecified atom stereocenters. The van der Waals surface area contributed by atoms with Gasteiger partial charge in [-0.05, 0) is 25.0 Å². The molecule has 4 heteroatoms. The van der Waals surface area contributed by atoms with Gasteiger partial charge in [0, 0.05) is 24.3 Å². The number of hydrogen-bond acceptors (Lipinski definition) is 3. The molecular formula is C10H19NO2S. The third-order valence-corrected chi connectivity index (χ3v) is 3.78. The normalized spacial score (nSPS) is 23.4. The Labute approximate surface area is 89.6 Å². The number of aliphatic hydroxyl groups excluding tert-OH is 1. The van der Waals surface area contributed by atoms with Crippen LogP contribution >= 0.6 is 11.8 Å². The Morgan fingerprint density at radius 2 is 2.50 bits per heavy atom. The molecule has 3 nitrogen and oxygen atoms in total. The van der Waals surface area contributed by atoms with Crippen molar-refractivity contribution in [2.24, 2.45) is 5.92 Å². The molecule has 1 aliphatic rings. The number of carbonyl (C=O) groups is 1. The summed E-state index contributed by atoms with van der Waals surface area (Å²) in [6, 6.07) is 0.151. The van der Waals surface area contributed by atoms with Crippen molar-refractivity contribution in [3.63, 3.8) is 0 Å². The molecule has 14 heavy (non-hydrogen) atoms. The van der Waals surface area contributed by atoms with Crippen molar-refractivity contribution in [1.82, 2.24) is 5.32 Å². The minimum atomic E-state index is 0.151. The summed E-state index contributed by atoms with van der Waals surface area (Å²) >= 11 is 1.85. The van der Waals surface area contributed by atoms with E-state index in [2.05, 4.69) is 5.32 Å². The first-order valence-electron chi connectivity index (χ1n) is 5.27. The molecule has 2 N–H and O–H groups in total. The van der Waals surface area contributed by atoms with Crippen molar-refractivity contribution in [2.45, 2.75) is 32.2 Å². The predicted octanol–water partition coefficient (Wildman–Crippen LogP) is 1.02. The van der Waals surface area contributed by atoms with Gasteiger partial charge in [-0.2, -0.15) is 11.8 Å². The summed E-state index contributed by atoms with van der Waals surface area (Å²) in [5.41, 5.74) is 0. The maximum Gasteiger partial charge on any atom is 0.224 e. The van der Waals surface area contributed by atoms with Crippen molar-refractivity contribution in [1.29, 1.82) is 0 Å². The first-order valence-corrected chi connectivity index (χ1v) is 6.42. The molecule has 0 radical (unpaired) electrons. The fraction of sp³-hybridized carbons (Fsp3) is 0.900. The Morgan fingerprint density at radius 3 is 3.00 bits per heavy atom. The van der Waals surface area contributed by atoms with Crippen LogP contribution in [0.1, 0.15) is 26.2 Å². The highest BCUT2D eigenvalue weighted by Gasteiger charge is 2.24. The van der Waals surface area contributed by atoms with Gasteiger partial charge in [0.05, 0.1) is 0 Å². The molecule has 2 atom stereocenters. The molecule has 1 fully saturated rings. The van der Waals surface area contributed by atoms with Crippen LogP contribution in [0.25, 0.3) is 0 Å². The van der Waals surface area contributed by atoms with E-state index in [1.54, 1.807) is 0 Å². The Hall–Kier alpha value is -0.220. The Kier molecular flexibility index (Phi) is 5.33. The maximum absolute atomic E-state index is 11.7. The van der Waals surface area contributed by atoms with Crippen LogP contribution in [0.2, 0.25) is 0 Å². The second-order valence-corrected chi connectivity index (χ2v) is 4.84. The van der Waals surface area contributed by atoms with E-state index in [0.29, 0.717) is 6.42 Å². The van der Waals surface area contributed by atoms with Crippen LogP contribution in [0.5, 0.6) is 0 Å². The third-order valence-electron chi connectivity index (χ3n) is 2.62. The molecule has 1 rings (SSSR count). The number of nitrogens with one attached hydrogen (secondary N) is 1. The second kappa shape index (κ2) is 6.30. The summed E-state index contributed by atoms with van der Waals surface area (Å²) < 4.78 is 0. The van der Waals surface area contributed by atoms with Gasteiger partial charge < -0.3 is 10.4 Å². The summed E-state index contributed by atoms with van der Waals surface area (Å²) in [6.07, 6.45) is 2.57. The predicted molar refractivity (Wildman–Crippen MR) is 59.4 cm³/mol. The van der Waals surface area contributed by atoms with Gasteiger partial charge in [0.15, 0.2) is 0 Å². The van der Waals surface area contributed by atoms with E-state index < -0.39 is 0 Å². The molecule has 0 aromatic rings. The number of thioether (sulfide) groups is 1. The lowest BCUT2D eigenvalue weighted by Crippen LogP contribution is -2.39. The lowest BCUT2D eigenvalue weighted by Gasteiger charge is -2.18. The van der Waals surface area contributed by atoms with E-state index in [9.17, 15) is 4.79 Å². The van der Waals surface area contributed by atoms with E-state index >= 15 is 0 Å². The molecule has 0 spiro atoms. The molecule has 1 amide bonds. The summed E-state index contributed by atoms with van der Waals surface area (Å²) in [5, 5.41) is 11.8. The minimum Gasteiger partial charge on any atom is -0.396 e. The van der Waals surface area contributed by atoms with Crippen molar-refractivity contribution < 1.29 is 9.90 Å². The third kappa shape index (κ3) is 3.50. The number of amides is 1. The summed E-state index contributed by atoms with van der Waals surface area (Å²) in [6.45, 7) is 2.18. The molecular weight excluding hydrogens is 198 g/mol. The second-order valence-electron chi connectivity index (χ2n) is 3.69. The van der Waals surface area contributed by atoms with Crippen molar-refractivity contribution in [3.05, 3.63) is 0 Å². The molecule has 0 aliphatic carbocycles. The van der Waals surface area contributed by atoms with E-state index in [4.69, 9.17) is 5.11 Å². The van der Waals surface area contributed by atoms with Crippen LogP contribution in [-0.4, -0.2) is 35.2 Å². The highest BCUT2D eigenvalue weighted by atomic mass is 32.2. The first kappa shape index (κ1) is 11.9. The van der Waals surface area contributed by atoms with Gasteiger partial charge in [0.2, 0.25) is 5.91 Å². The van der Waals surface area contributed by atoms with Gasteiger partial charge >= 0.3 is 0 Å². The molecule has 0 bridgehead atoms. The van der Waals surface area contributed by atoms with Crippen molar-refractivity contribution in [2.75, 3.05) is 18.1 Å². The quantitative estimate of drug-likeness (QED) is 0.723. The van der Waals surface area contributed by atoms with Gasteiger partial charge in [0.1, 0.15) is 0 Å². The van der Waals surface area contributed by atoms with Crippen LogP contribution < -0.4 is 5.32 Å². The topological polar surface area (TPSA) is 49.3 Å². The zero-order valence-electron chi connectivity index (χ0n) is 8.66. The SMILES string of the molecule is CCC(CCO)NC(=O)C1CCSC1. The van der Waals surface area contributed by atoms with Crippen LogP contribution in [0.15, 0.2) is 0 Å². The van der Waals surface area contributed by atoms with Crippen molar-refractivity contribution >= 4 is 17.7 Å². The highest BCUT2D eigenvalue weighted by molar-refractivity contribution is 7.99. The molecule has 0 aromatic carbocycles. The summed E-state index contributed by atoms with van der Waals surface area (Å²) in [5.74, 6) is 2.44. The molecule has 1 saturated heterocycles. The minimum absolute atomic E-state index is 0.151. The lowest BCUT2D eigenvalue weighted by atomic mass is 10.1. The van der Waals surface area contributed by atoms with E-state index in [1.807, 2.05) is 18.7 Å². The standard InChI is InChI=1S/C10H19NO2S/c1-2-9(3-5-12)11-10(13)8-4-6-14-7-8/h8-9,12H,2-7H2,1H3,(H,11,13). The summed E-state index contributed by atoms with van der Waals surface area (Å²) in [7, 11) is 0. The highest BCUT2D eigenvalue weighted by Crippen LogP contribution is 2.23. The monoisotopic (exact) mass is 217 g/mol. The first-order chi connectivity index (χ1) is 6.77. The number of carbonyl (C=O) groups excluding carboxylic acids is 1. The zero-order chi connectivity index (χ0) is 10.4. The van der Waals surface area contributed by atoms with E-state index in [1.165, 1.54) is 0 Å². The van der Waals surface area contributed by atoms with Gasteiger partial charge in [-0.25, -0.2) is 0 Å². The fourth-order valence-corrected chi connectivity index (χ4v) is 2.81. The van der Waals surface area contributed by atoms with Crippen molar-refractivity contribution in [3.8, 4) is 0 Å². The van der Waals surface area contributed by atoms with Crippen LogP contribution in [-0.2, 0) is 4.79 Å². The Morgan fingerprint density at radius 1 is 1.71 bits per heavy atom. The zero-order valence-corrected chi connectivity index (χ0v) is 9.48. The van der Waals surface area contributed by atoms with E-state index in [-0.39, 0.29) is 24.5 Å². The largest absolute Gasteiger partial charge is 0.396 e. The average molecular weight is 217 g/mol. The van der Waals surface area contributed by atoms with Crippen LogP contribution in [0.3, 0.4) is 0 Å². The van der Waals surface area contributed by atoms with Gasteiger partial charge in [-0.1, -0.05) is 6.92 Å². The average Bonchev–Trinajstić information content (AvgIpc) is 2.69. The Balaban J connectivity index is 2.29. The maximum atomic E-state index is 11.7. The van der Waals surface area contributed by atoms with Crippen LogP contribution in [0.4, 0.5) is 0 Å². The van der Waals surface area contributed by atoms with Gasteiger partial charge in [-0.15, -0.1) is 0 Å². The molecule has 1 aliphatic heterocycles. The number of rotatable bonds is 5. The molecule has 82 valence electrons.